The Labute approximate surface area is 147 Å². The van der Waals surface area contributed by atoms with Gasteiger partial charge < -0.3 is 14.8 Å². The van der Waals surface area contributed by atoms with Gasteiger partial charge in [0.05, 0.1) is 12.1 Å². The van der Waals surface area contributed by atoms with Crippen molar-refractivity contribution >= 4 is 17.5 Å². The van der Waals surface area contributed by atoms with Crippen molar-refractivity contribution in [1.29, 1.82) is 0 Å². The van der Waals surface area contributed by atoms with Crippen LogP contribution in [0.25, 0.3) is 0 Å². The highest BCUT2D eigenvalue weighted by atomic mass is 35.5. The van der Waals surface area contributed by atoms with Gasteiger partial charge in [0, 0.05) is 6.54 Å². The summed E-state index contributed by atoms with van der Waals surface area (Å²) in [5, 5.41) is 3.41. The lowest BCUT2D eigenvalue weighted by Gasteiger charge is -2.18. The van der Waals surface area contributed by atoms with Gasteiger partial charge in [-0.1, -0.05) is 42.8 Å². The van der Waals surface area contributed by atoms with Crippen LogP contribution in [0.5, 0.6) is 11.5 Å². The summed E-state index contributed by atoms with van der Waals surface area (Å²) in [4.78, 5) is 12.3. The minimum atomic E-state index is -0.555. The zero-order valence-electron chi connectivity index (χ0n) is 13.9. The summed E-state index contributed by atoms with van der Waals surface area (Å²) in [5.41, 5.74) is 1.14. The van der Waals surface area contributed by atoms with Gasteiger partial charge >= 0.3 is 0 Å². The molecule has 24 heavy (non-hydrogen) atoms. The lowest BCUT2D eigenvalue weighted by molar-refractivity contribution is -0.128. The van der Waals surface area contributed by atoms with Crippen LogP contribution >= 0.6 is 11.6 Å². The average Bonchev–Trinajstić information content (AvgIpc) is 2.61. The molecule has 0 fully saturated rings. The molecule has 0 aromatic heterocycles. The second kappa shape index (κ2) is 9.18. The molecule has 5 heteroatoms. The first-order valence-electron chi connectivity index (χ1n) is 7.96. The summed E-state index contributed by atoms with van der Waals surface area (Å²) in [6, 6.07) is 14.9. The lowest BCUT2D eigenvalue weighted by Crippen LogP contribution is -2.39. The molecule has 1 atom stereocenters. The van der Waals surface area contributed by atoms with E-state index in [0.717, 1.165) is 17.7 Å². The zero-order valence-corrected chi connectivity index (χ0v) is 14.7. The van der Waals surface area contributed by atoms with Crippen LogP contribution < -0.4 is 14.8 Å². The van der Waals surface area contributed by atoms with Crippen LogP contribution in [0.15, 0.2) is 48.5 Å². The maximum atomic E-state index is 12.3. The SMILES string of the molecule is CC[C@@H](Oc1ccccc1Cl)C(=O)NCCc1ccc(OC)cc1. The molecule has 0 saturated carbocycles. The Morgan fingerprint density at radius 3 is 2.50 bits per heavy atom. The Morgan fingerprint density at radius 2 is 1.88 bits per heavy atom. The molecule has 0 aliphatic rings. The van der Waals surface area contributed by atoms with E-state index in [1.54, 1.807) is 19.2 Å². The number of hydrogen-bond acceptors (Lipinski definition) is 3. The standard InChI is InChI=1S/C19H22ClNO3/c1-3-17(24-18-7-5-4-6-16(18)20)19(22)21-13-12-14-8-10-15(23-2)11-9-14/h4-11,17H,3,12-13H2,1-2H3,(H,21,22)/t17-/m1/s1. The molecule has 0 unspecified atom stereocenters. The fraction of sp³-hybridized carbons (Fsp3) is 0.316. The maximum Gasteiger partial charge on any atom is 0.261 e. The smallest absolute Gasteiger partial charge is 0.261 e. The van der Waals surface area contributed by atoms with Gasteiger partial charge in [-0.15, -0.1) is 0 Å². The fourth-order valence-corrected chi connectivity index (χ4v) is 2.43. The highest BCUT2D eigenvalue weighted by molar-refractivity contribution is 6.32. The molecular weight excluding hydrogens is 326 g/mol. The third-order valence-corrected chi connectivity index (χ3v) is 3.95. The Bertz CT molecular complexity index is 658. The second-order valence-corrected chi connectivity index (χ2v) is 5.74. The number of rotatable bonds is 8. The number of para-hydroxylation sites is 1. The molecule has 2 aromatic carbocycles. The molecule has 1 amide bonds. The fourth-order valence-electron chi connectivity index (χ4n) is 2.25. The quantitative estimate of drug-likeness (QED) is 0.788. The molecule has 1 N–H and O–H groups in total. The van der Waals surface area contributed by atoms with Crippen molar-refractivity contribution in [2.45, 2.75) is 25.9 Å². The molecule has 0 aliphatic heterocycles. The van der Waals surface area contributed by atoms with Gasteiger partial charge in [0.2, 0.25) is 0 Å². The number of carbonyl (C=O) groups excluding carboxylic acids is 1. The summed E-state index contributed by atoms with van der Waals surface area (Å²) in [7, 11) is 1.64. The van der Waals surface area contributed by atoms with Crippen molar-refractivity contribution in [3.05, 3.63) is 59.1 Å². The summed E-state index contributed by atoms with van der Waals surface area (Å²) in [5.74, 6) is 1.21. The van der Waals surface area contributed by atoms with Gasteiger partial charge in [-0.25, -0.2) is 0 Å². The first-order valence-corrected chi connectivity index (χ1v) is 8.33. The van der Waals surface area contributed by atoms with Crippen molar-refractivity contribution in [1.82, 2.24) is 5.32 Å². The third-order valence-electron chi connectivity index (χ3n) is 3.64. The van der Waals surface area contributed by atoms with Crippen LogP contribution in [0.1, 0.15) is 18.9 Å². The second-order valence-electron chi connectivity index (χ2n) is 5.33. The molecule has 0 radical (unpaired) electrons. The molecule has 0 spiro atoms. The number of carbonyl (C=O) groups is 1. The molecule has 2 aromatic rings. The number of hydrogen-bond donors (Lipinski definition) is 1. The summed E-state index contributed by atoms with van der Waals surface area (Å²) >= 11 is 6.07. The molecule has 128 valence electrons. The summed E-state index contributed by atoms with van der Waals surface area (Å²) in [6.07, 6.45) is 0.762. The van der Waals surface area contributed by atoms with Crippen molar-refractivity contribution in [3.63, 3.8) is 0 Å². The lowest BCUT2D eigenvalue weighted by atomic mass is 10.1. The normalized spacial score (nSPS) is 11.6. The molecule has 4 nitrogen and oxygen atoms in total. The van der Waals surface area contributed by atoms with Crippen molar-refractivity contribution in [2.75, 3.05) is 13.7 Å². The van der Waals surface area contributed by atoms with E-state index in [-0.39, 0.29) is 5.91 Å². The van der Waals surface area contributed by atoms with Gasteiger partial charge in [-0.2, -0.15) is 0 Å². The Balaban J connectivity index is 1.84. The molecule has 0 saturated heterocycles. The van der Waals surface area contributed by atoms with E-state index in [4.69, 9.17) is 21.1 Å². The minimum Gasteiger partial charge on any atom is -0.497 e. The van der Waals surface area contributed by atoms with E-state index in [1.807, 2.05) is 43.3 Å². The van der Waals surface area contributed by atoms with Gasteiger partial charge in [-0.05, 0) is 42.7 Å². The van der Waals surface area contributed by atoms with Gasteiger partial charge in [0.15, 0.2) is 6.10 Å². The van der Waals surface area contributed by atoms with E-state index in [0.29, 0.717) is 23.7 Å². The van der Waals surface area contributed by atoms with E-state index in [2.05, 4.69) is 5.32 Å². The molecular formula is C19H22ClNO3. The van der Waals surface area contributed by atoms with Gasteiger partial charge in [0.1, 0.15) is 11.5 Å². The van der Waals surface area contributed by atoms with Gasteiger partial charge in [0.25, 0.3) is 5.91 Å². The van der Waals surface area contributed by atoms with Crippen molar-refractivity contribution < 1.29 is 14.3 Å². The highest BCUT2D eigenvalue weighted by Crippen LogP contribution is 2.24. The highest BCUT2D eigenvalue weighted by Gasteiger charge is 2.18. The van der Waals surface area contributed by atoms with Crippen LogP contribution in [-0.4, -0.2) is 25.7 Å². The van der Waals surface area contributed by atoms with Crippen LogP contribution in [0.4, 0.5) is 0 Å². The Kier molecular flexibility index (Phi) is 6.94. The summed E-state index contributed by atoms with van der Waals surface area (Å²) in [6.45, 7) is 2.46. The number of methoxy groups -OCH3 is 1. The Hall–Kier alpha value is -2.20. The number of benzene rings is 2. The topological polar surface area (TPSA) is 47.6 Å². The number of ether oxygens (including phenoxy) is 2. The van der Waals surface area contributed by atoms with E-state index in [9.17, 15) is 4.79 Å². The number of halogens is 1. The summed E-state index contributed by atoms with van der Waals surface area (Å²) < 4.78 is 10.9. The molecule has 0 heterocycles. The van der Waals surface area contributed by atoms with Crippen molar-refractivity contribution in [3.8, 4) is 11.5 Å². The predicted octanol–water partition coefficient (Wildman–Crippen LogP) is 3.86. The monoisotopic (exact) mass is 347 g/mol. The third kappa shape index (κ3) is 5.17. The van der Waals surface area contributed by atoms with E-state index < -0.39 is 6.10 Å². The largest absolute Gasteiger partial charge is 0.497 e. The van der Waals surface area contributed by atoms with Crippen LogP contribution in [-0.2, 0) is 11.2 Å². The van der Waals surface area contributed by atoms with E-state index in [1.165, 1.54) is 0 Å². The van der Waals surface area contributed by atoms with Crippen LogP contribution in [0, 0.1) is 0 Å². The maximum absolute atomic E-state index is 12.3. The number of amides is 1. The van der Waals surface area contributed by atoms with Crippen LogP contribution in [0.3, 0.4) is 0 Å². The molecule has 0 aliphatic carbocycles. The van der Waals surface area contributed by atoms with Crippen molar-refractivity contribution in [2.24, 2.45) is 0 Å². The minimum absolute atomic E-state index is 0.133. The first kappa shape index (κ1) is 18.1. The average molecular weight is 348 g/mol. The first-order chi connectivity index (χ1) is 11.6. The van der Waals surface area contributed by atoms with Gasteiger partial charge in [-0.3, -0.25) is 4.79 Å². The predicted molar refractivity (Wildman–Crippen MR) is 95.9 cm³/mol. The zero-order chi connectivity index (χ0) is 17.4. The molecule has 0 bridgehead atoms. The Morgan fingerprint density at radius 1 is 1.17 bits per heavy atom. The van der Waals surface area contributed by atoms with E-state index >= 15 is 0 Å². The molecule has 2 rings (SSSR count). The van der Waals surface area contributed by atoms with Crippen LogP contribution in [0.2, 0.25) is 5.02 Å². The number of nitrogens with one attached hydrogen (secondary N) is 1.